The predicted octanol–water partition coefficient (Wildman–Crippen LogP) is 1.51. The zero-order chi connectivity index (χ0) is 19.2. The fourth-order valence-corrected chi connectivity index (χ4v) is 4.54. The van der Waals surface area contributed by atoms with Crippen LogP contribution in [0.25, 0.3) is 5.76 Å². The molecule has 0 radical (unpaired) electrons. The third-order valence-electron chi connectivity index (χ3n) is 5.18. The van der Waals surface area contributed by atoms with Gasteiger partial charge in [-0.05, 0) is 52.5 Å². The van der Waals surface area contributed by atoms with Gasteiger partial charge in [-0.3, -0.25) is 4.79 Å². The Morgan fingerprint density at radius 3 is 2.70 bits per heavy atom. The highest BCUT2D eigenvalue weighted by Crippen LogP contribution is 2.44. The van der Waals surface area contributed by atoms with Crippen LogP contribution in [0, 0.1) is 3.57 Å². The van der Waals surface area contributed by atoms with E-state index in [4.69, 9.17) is 4.74 Å². The van der Waals surface area contributed by atoms with Crippen molar-refractivity contribution in [2.45, 2.75) is 24.9 Å². The fourth-order valence-electron chi connectivity index (χ4n) is 3.81. The van der Waals surface area contributed by atoms with Gasteiger partial charge in [-0.2, -0.15) is 0 Å². The van der Waals surface area contributed by atoms with Gasteiger partial charge in [0.2, 0.25) is 0 Å². The number of fused-ring (bicyclic) bond motifs is 2. The van der Waals surface area contributed by atoms with Crippen molar-refractivity contribution < 1.29 is 24.7 Å². The summed E-state index contributed by atoms with van der Waals surface area (Å²) in [6, 6.07) is 12.3. The molecule has 1 heterocycles. The zero-order valence-corrected chi connectivity index (χ0v) is 16.6. The number of carbonyl (C=O) groups excluding carboxylic acids is 1. The molecule has 138 valence electrons. The molecule has 0 fully saturated rings. The summed E-state index contributed by atoms with van der Waals surface area (Å²) >= 11 is 2.08. The lowest BCUT2D eigenvalue weighted by atomic mass is 9.72. The van der Waals surface area contributed by atoms with Gasteiger partial charge in [0.15, 0.2) is 11.4 Å². The number of Topliss-reactive ketones (excluding diaryl/α,β-unsaturated/α-hetero) is 1. The molecule has 0 spiro atoms. The highest BCUT2D eigenvalue weighted by Gasteiger charge is 2.47. The van der Waals surface area contributed by atoms with Crippen molar-refractivity contribution in [2.75, 3.05) is 6.61 Å². The minimum absolute atomic E-state index is 0.111. The number of hydrogen-bond acceptors (Lipinski definition) is 5. The molecule has 3 N–H and O–H groups in total. The Kier molecular flexibility index (Phi) is 4.88. The summed E-state index contributed by atoms with van der Waals surface area (Å²) in [6.45, 7) is 0.571. The van der Waals surface area contributed by atoms with E-state index in [1.807, 2.05) is 18.2 Å². The normalized spacial score (nSPS) is 21.4. The summed E-state index contributed by atoms with van der Waals surface area (Å²) in [6.07, 6.45) is 1.46. The molecule has 2 aromatic rings. The number of halogens is 1. The van der Waals surface area contributed by atoms with E-state index in [1.54, 1.807) is 24.3 Å². The van der Waals surface area contributed by atoms with E-state index in [0.717, 1.165) is 21.1 Å². The van der Waals surface area contributed by atoms with Gasteiger partial charge >= 0.3 is 7.12 Å². The van der Waals surface area contributed by atoms with Crippen LogP contribution in [0.3, 0.4) is 0 Å². The number of hydrogen-bond donors (Lipinski definition) is 3. The van der Waals surface area contributed by atoms with Crippen LogP contribution >= 0.6 is 22.6 Å². The number of ether oxygens (including phenoxy) is 1. The summed E-state index contributed by atoms with van der Waals surface area (Å²) in [5.74, 6) is 0.290. The van der Waals surface area contributed by atoms with Crippen molar-refractivity contribution in [2.24, 2.45) is 0 Å². The number of ketones is 1. The lowest BCUT2D eigenvalue weighted by Crippen LogP contribution is -2.43. The van der Waals surface area contributed by atoms with Crippen LogP contribution in [0.4, 0.5) is 0 Å². The first-order valence-corrected chi connectivity index (χ1v) is 9.87. The molecular formula is C20H18BIO5. The van der Waals surface area contributed by atoms with Gasteiger partial charge in [-0.25, -0.2) is 0 Å². The van der Waals surface area contributed by atoms with Crippen molar-refractivity contribution in [3.05, 3.63) is 68.3 Å². The predicted molar refractivity (Wildman–Crippen MR) is 110 cm³/mol. The van der Waals surface area contributed by atoms with Crippen LogP contribution in [0.1, 0.15) is 29.5 Å². The smallest absolute Gasteiger partial charge is 0.488 e. The first-order valence-electron chi connectivity index (χ1n) is 8.79. The second kappa shape index (κ2) is 7.05. The summed E-state index contributed by atoms with van der Waals surface area (Å²) in [7, 11) is -1.56. The lowest BCUT2D eigenvalue weighted by Gasteiger charge is -2.37. The number of benzene rings is 2. The third kappa shape index (κ3) is 3.12. The van der Waals surface area contributed by atoms with Gasteiger partial charge in [-0.15, -0.1) is 0 Å². The first-order chi connectivity index (χ1) is 12.9. The molecule has 4 rings (SSSR count). The minimum atomic E-state index is -1.67. The molecule has 1 aliphatic carbocycles. The highest BCUT2D eigenvalue weighted by molar-refractivity contribution is 14.1. The maximum atomic E-state index is 13.3. The van der Waals surface area contributed by atoms with Crippen molar-refractivity contribution in [3.63, 3.8) is 0 Å². The summed E-state index contributed by atoms with van der Waals surface area (Å²) in [4.78, 5) is 13.3. The van der Waals surface area contributed by atoms with Gasteiger partial charge in [0.25, 0.3) is 0 Å². The van der Waals surface area contributed by atoms with E-state index in [9.17, 15) is 19.9 Å². The Hall–Kier alpha value is -1.68. The molecule has 0 bridgehead atoms. The van der Waals surface area contributed by atoms with Gasteiger partial charge in [-0.1, -0.05) is 36.4 Å². The van der Waals surface area contributed by atoms with Crippen LogP contribution in [-0.2, 0) is 21.6 Å². The first kappa shape index (κ1) is 18.7. The van der Waals surface area contributed by atoms with Crippen LogP contribution in [0.15, 0.2) is 48.0 Å². The molecule has 1 unspecified atom stereocenters. The molecule has 2 aliphatic rings. The molecule has 5 nitrogen and oxygen atoms in total. The molecular weight excluding hydrogens is 458 g/mol. The second-order valence-corrected chi connectivity index (χ2v) is 8.06. The Morgan fingerprint density at radius 2 is 1.96 bits per heavy atom. The van der Waals surface area contributed by atoms with Crippen molar-refractivity contribution in [3.8, 4) is 0 Å². The average molecular weight is 476 g/mol. The van der Waals surface area contributed by atoms with E-state index in [0.29, 0.717) is 35.4 Å². The molecule has 0 amide bonds. The van der Waals surface area contributed by atoms with E-state index in [1.165, 1.54) is 0 Å². The van der Waals surface area contributed by atoms with Gasteiger partial charge in [0, 0.05) is 26.7 Å². The SMILES string of the molecule is O=C1C2=C(OCCC2)c2ccccc2C1(O)Cc1ccc(B(O)O)cc1I. The monoisotopic (exact) mass is 476 g/mol. The Bertz CT molecular complexity index is 955. The van der Waals surface area contributed by atoms with Crippen LogP contribution < -0.4 is 5.46 Å². The molecule has 7 heteroatoms. The number of aliphatic hydroxyl groups is 1. The molecule has 27 heavy (non-hydrogen) atoms. The van der Waals surface area contributed by atoms with Gasteiger partial charge in [0.05, 0.1) is 6.61 Å². The highest BCUT2D eigenvalue weighted by atomic mass is 127. The fraction of sp³-hybridized carbons (Fsp3) is 0.250. The summed E-state index contributed by atoms with van der Waals surface area (Å²) < 4.78 is 6.54. The van der Waals surface area contributed by atoms with E-state index in [-0.39, 0.29) is 12.2 Å². The summed E-state index contributed by atoms with van der Waals surface area (Å²) in [5.41, 5.74) is 1.35. The van der Waals surface area contributed by atoms with E-state index >= 15 is 0 Å². The van der Waals surface area contributed by atoms with Crippen molar-refractivity contribution in [1.29, 1.82) is 0 Å². The minimum Gasteiger partial charge on any atom is -0.493 e. The molecule has 1 atom stereocenters. The Balaban J connectivity index is 1.80. The maximum absolute atomic E-state index is 13.3. The lowest BCUT2D eigenvalue weighted by molar-refractivity contribution is -0.135. The van der Waals surface area contributed by atoms with E-state index < -0.39 is 12.7 Å². The largest absolute Gasteiger partial charge is 0.493 e. The van der Waals surface area contributed by atoms with Crippen LogP contribution in [0.5, 0.6) is 0 Å². The van der Waals surface area contributed by atoms with Gasteiger partial charge < -0.3 is 19.9 Å². The Morgan fingerprint density at radius 1 is 1.19 bits per heavy atom. The molecule has 1 aliphatic heterocycles. The molecule has 0 saturated heterocycles. The number of rotatable bonds is 3. The third-order valence-corrected chi connectivity index (χ3v) is 6.18. The molecule has 2 aromatic carbocycles. The van der Waals surface area contributed by atoms with E-state index in [2.05, 4.69) is 22.6 Å². The molecule has 0 aromatic heterocycles. The second-order valence-electron chi connectivity index (χ2n) is 6.90. The van der Waals surface area contributed by atoms with Crippen LogP contribution in [0.2, 0.25) is 0 Å². The Labute approximate surface area is 171 Å². The van der Waals surface area contributed by atoms with Crippen LogP contribution in [-0.4, -0.2) is 34.7 Å². The molecule has 0 saturated carbocycles. The standard InChI is InChI=1S/C20H18BIO5/c22-17-10-13(21(25)26)8-7-12(17)11-20(24)16-6-2-1-4-14(16)18-15(19(20)23)5-3-9-27-18/h1-2,4,6-8,10,24-26H,3,5,9,11H2. The number of carbonyl (C=O) groups is 1. The quantitative estimate of drug-likeness (QED) is 0.462. The summed E-state index contributed by atoms with van der Waals surface area (Å²) in [5, 5.41) is 30.2. The van der Waals surface area contributed by atoms with Crippen molar-refractivity contribution in [1.82, 2.24) is 0 Å². The average Bonchev–Trinajstić information content (AvgIpc) is 2.68. The van der Waals surface area contributed by atoms with Crippen molar-refractivity contribution >= 4 is 46.7 Å². The zero-order valence-electron chi connectivity index (χ0n) is 14.5. The maximum Gasteiger partial charge on any atom is 0.488 e. The topological polar surface area (TPSA) is 87.0 Å². The van der Waals surface area contributed by atoms with Gasteiger partial charge in [0.1, 0.15) is 5.76 Å².